The smallest absolute Gasteiger partial charge is 0.225 e. The molecular weight excluding hydrogens is 398 g/mol. The molecule has 0 N–H and O–H groups in total. The minimum absolute atomic E-state index is 0.156. The summed E-state index contributed by atoms with van der Waals surface area (Å²) in [7, 11) is 0. The third-order valence-electron chi connectivity index (χ3n) is 7.47. The first-order valence-corrected chi connectivity index (χ1v) is 12.6. The first kappa shape index (κ1) is 22.8. The number of rotatable bonds is 7. The van der Waals surface area contributed by atoms with Crippen molar-refractivity contribution in [3.63, 3.8) is 0 Å². The second kappa shape index (κ2) is 10.5. The third-order valence-corrected chi connectivity index (χ3v) is 7.47. The van der Waals surface area contributed by atoms with Gasteiger partial charge in [-0.25, -0.2) is 4.98 Å². The molecule has 174 valence electrons. The Morgan fingerprint density at radius 1 is 1.03 bits per heavy atom. The first-order chi connectivity index (χ1) is 15.6. The zero-order valence-corrected chi connectivity index (χ0v) is 20.0. The quantitative estimate of drug-likeness (QED) is 0.640. The van der Waals surface area contributed by atoms with E-state index in [1.165, 1.54) is 17.5 Å². The summed E-state index contributed by atoms with van der Waals surface area (Å²) in [6.07, 6.45) is 13.3. The summed E-state index contributed by atoms with van der Waals surface area (Å²) in [6, 6.07) is 4.80. The van der Waals surface area contributed by atoms with Gasteiger partial charge in [0.2, 0.25) is 5.91 Å². The van der Waals surface area contributed by atoms with Crippen molar-refractivity contribution < 1.29 is 4.79 Å². The van der Waals surface area contributed by atoms with Crippen molar-refractivity contribution in [3.05, 3.63) is 41.9 Å². The monoisotopic (exact) mass is 437 g/mol. The highest BCUT2D eigenvalue weighted by atomic mass is 16.2. The van der Waals surface area contributed by atoms with Gasteiger partial charge in [-0.1, -0.05) is 33.3 Å². The summed E-state index contributed by atoms with van der Waals surface area (Å²) in [5.74, 6) is 2.26. The third kappa shape index (κ3) is 5.33. The van der Waals surface area contributed by atoms with Crippen LogP contribution in [0, 0.1) is 11.8 Å². The molecule has 2 aliphatic heterocycles. The van der Waals surface area contributed by atoms with E-state index in [-0.39, 0.29) is 5.92 Å². The lowest BCUT2D eigenvalue weighted by Crippen LogP contribution is -2.45. The van der Waals surface area contributed by atoms with E-state index in [0.29, 0.717) is 17.9 Å². The number of anilines is 1. The van der Waals surface area contributed by atoms with Crippen LogP contribution < -0.4 is 4.90 Å². The number of aryl methyl sites for hydroxylation is 1. The highest BCUT2D eigenvalue weighted by Crippen LogP contribution is 2.27. The largest absolute Gasteiger partial charge is 0.357 e. The summed E-state index contributed by atoms with van der Waals surface area (Å²) >= 11 is 0. The number of amides is 1. The molecule has 4 rings (SSSR count). The Balaban J connectivity index is 1.24. The van der Waals surface area contributed by atoms with Gasteiger partial charge in [0.05, 0.1) is 12.2 Å². The molecule has 0 aromatic carbocycles. The van der Waals surface area contributed by atoms with Crippen LogP contribution in [-0.2, 0) is 17.6 Å². The number of likely N-dealkylation sites (tertiary alicyclic amines) is 1. The zero-order chi connectivity index (χ0) is 22.5. The van der Waals surface area contributed by atoms with Crippen LogP contribution in [0.15, 0.2) is 30.7 Å². The number of nitrogens with zero attached hydrogens (tertiary/aromatic N) is 5. The van der Waals surface area contributed by atoms with E-state index in [9.17, 15) is 4.79 Å². The molecule has 0 saturated carbocycles. The molecule has 0 aliphatic carbocycles. The van der Waals surface area contributed by atoms with Crippen molar-refractivity contribution >= 4 is 11.7 Å². The zero-order valence-electron chi connectivity index (χ0n) is 20.0. The summed E-state index contributed by atoms with van der Waals surface area (Å²) in [5, 5.41) is 4.53. The maximum Gasteiger partial charge on any atom is 0.225 e. The fourth-order valence-corrected chi connectivity index (χ4v) is 5.00. The van der Waals surface area contributed by atoms with E-state index in [1.807, 2.05) is 12.4 Å². The number of hydrogen-bond acceptors (Lipinski definition) is 4. The van der Waals surface area contributed by atoms with Crippen LogP contribution in [0.2, 0.25) is 0 Å². The summed E-state index contributed by atoms with van der Waals surface area (Å²) in [4.78, 5) is 22.3. The number of carbonyl (C=O) groups is 1. The van der Waals surface area contributed by atoms with Gasteiger partial charge in [-0.15, -0.1) is 0 Å². The van der Waals surface area contributed by atoms with Gasteiger partial charge >= 0.3 is 0 Å². The Hall–Kier alpha value is -2.37. The Morgan fingerprint density at radius 2 is 1.78 bits per heavy atom. The SMILES string of the molecule is CCc1cnn(C2CCN(C(=O)C3CCN(c4ccc(CC(C)CC)cn4)CC3)CC2)c1. The van der Waals surface area contributed by atoms with Crippen molar-refractivity contribution in [1.29, 1.82) is 0 Å². The van der Waals surface area contributed by atoms with Gasteiger partial charge < -0.3 is 9.80 Å². The predicted octanol–water partition coefficient (Wildman–Crippen LogP) is 4.51. The fourth-order valence-electron chi connectivity index (χ4n) is 5.00. The fraction of sp³-hybridized carbons (Fsp3) is 0.654. The molecule has 1 unspecified atom stereocenters. The Kier molecular flexibility index (Phi) is 7.48. The normalized spacial score (nSPS) is 19.3. The lowest BCUT2D eigenvalue weighted by molar-refractivity contribution is -0.137. The van der Waals surface area contributed by atoms with Crippen LogP contribution in [0.3, 0.4) is 0 Å². The van der Waals surface area contributed by atoms with Crippen molar-refractivity contribution in [2.75, 3.05) is 31.1 Å². The molecule has 2 aromatic rings. The predicted molar refractivity (Wildman–Crippen MR) is 129 cm³/mol. The lowest BCUT2D eigenvalue weighted by atomic mass is 9.93. The number of carbonyl (C=O) groups excluding carboxylic acids is 1. The Morgan fingerprint density at radius 3 is 2.38 bits per heavy atom. The van der Waals surface area contributed by atoms with E-state index in [4.69, 9.17) is 4.98 Å². The van der Waals surface area contributed by atoms with Gasteiger partial charge in [-0.3, -0.25) is 9.48 Å². The number of pyridine rings is 1. The second-order valence-corrected chi connectivity index (χ2v) is 9.74. The molecule has 6 heteroatoms. The molecule has 0 radical (unpaired) electrons. The molecule has 2 aromatic heterocycles. The molecule has 0 bridgehead atoms. The van der Waals surface area contributed by atoms with Crippen molar-refractivity contribution in [2.45, 2.75) is 71.8 Å². The van der Waals surface area contributed by atoms with Gasteiger partial charge in [-0.2, -0.15) is 5.10 Å². The van der Waals surface area contributed by atoms with Gasteiger partial charge in [0.25, 0.3) is 0 Å². The highest BCUT2D eigenvalue weighted by Gasteiger charge is 2.31. The molecule has 1 atom stereocenters. The molecule has 6 nitrogen and oxygen atoms in total. The molecule has 4 heterocycles. The number of aromatic nitrogens is 3. The molecule has 2 saturated heterocycles. The van der Waals surface area contributed by atoms with E-state index in [0.717, 1.165) is 70.5 Å². The van der Waals surface area contributed by atoms with Crippen LogP contribution in [0.25, 0.3) is 0 Å². The first-order valence-electron chi connectivity index (χ1n) is 12.6. The highest BCUT2D eigenvalue weighted by molar-refractivity contribution is 5.79. The van der Waals surface area contributed by atoms with Crippen LogP contribution in [0.1, 0.15) is 70.0 Å². The summed E-state index contributed by atoms with van der Waals surface area (Å²) in [5.41, 5.74) is 2.60. The molecule has 32 heavy (non-hydrogen) atoms. The summed E-state index contributed by atoms with van der Waals surface area (Å²) in [6.45, 7) is 10.2. The van der Waals surface area contributed by atoms with Crippen LogP contribution >= 0.6 is 0 Å². The van der Waals surface area contributed by atoms with Crippen molar-refractivity contribution in [2.24, 2.45) is 11.8 Å². The molecule has 0 spiro atoms. The van der Waals surface area contributed by atoms with Gasteiger partial charge in [0.1, 0.15) is 5.82 Å². The Bertz CT molecular complexity index is 861. The van der Waals surface area contributed by atoms with Crippen LogP contribution in [-0.4, -0.2) is 51.8 Å². The lowest BCUT2D eigenvalue weighted by Gasteiger charge is -2.37. The molecule has 2 aliphatic rings. The van der Waals surface area contributed by atoms with E-state index in [2.05, 4.69) is 58.7 Å². The number of hydrogen-bond donors (Lipinski definition) is 0. The van der Waals surface area contributed by atoms with Gasteiger partial charge in [0, 0.05) is 44.5 Å². The standard InChI is InChI=1S/C26H39N5O/c1-4-20(3)16-22-6-7-25(27-17-22)29-12-8-23(9-13-29)26(32)30-14-10-24(11-15-30)31-19-21(5-2)18-28-31/h6-7,17-20,23-24H,4-5,8-16H2,1-3H3. The minimum atomic E-state index is 0.156. The molecule has 1 amide bonds. The maximum atomic E-state index is 13.1. The van der Waals surface area contributed by atoms with E-state index in [1.54, 1.807) is 0 Å². The van der Waals surface area contributed by atoms with Crippen LogP contribution in [0.4, 0.5) is 5.82 Å². The van der Waals surface area contributed by atoms with Gasteiger partial charge in [0.15, 0.2) is 0 Å². The average molecular weight is 438 g/mol. The van der Waals surface area contributed by atoms with E-state index >= 15 is 0 Å². The van der Waals surface area contributed by atoms with Crippen LogP contribution in [0.5, 0.6) is 0 Å². The topological polar surface area (TPSA) is 54.3 Å². The van der Waals surface area contributed by atoms with Gasteiger partial charge in [-0.05, 0) is 61.6 Å². The molecule has 2 fully saturated rings. The van der Waals surface area contributed by atoms with Crippen molar-refractivity contribution in [1.82, 2.24) is 19.7 Å². The Labute approximate surface area is 193 Å². The van der Waals surface area contributed by atoms with Crippen molar-refractivity contribution in [3.8, 4) is 0 Å². The van der Waals surface area contributed by atoms with E-state index < -0.39 is 0 Å². The number of piperidine rings is 2. The molecular formula is C26H39N5O. The summed E-state index contributed by atoms with van der Waals surface area (Å²) < 4.78 is 2.11. The average Bonchev–Trinajstić information content (AvgIpc) is 3.34. The minimum Gasteiger partial charge on any atom is -0.357 e. The second-order valence-electron chi connectivity index (χ2n) is 9.74. The maximum absolute atomic E-state index is 13.1.